The Balaban J connectivity index is 1.82. The summed E-state index contributed by atoms with van der Waals surface area (Å²) in [6.45, 7) is -0.0911. The lowest BCUT2D eigenvalue weighted by atomic mass is 10.0. The second-order valence-electron chi connectivity index (χ2n) is 5.41. The second kappa shape index (κ2) is 8.68. The van der Waals surface area contributed by atoms with Crippen LogP contribution < -0.4 is 11.1 Å². The van der Waals surface area contributed by atoms with Crippen LogP contribution in [0.15, 0.2) is 48.5 Å². The molecular weight excluding hydrogens is 322 g/mol. The summed E-state index contributed by atoms with van der Waals surface area (Å²) in [6, 6.07) is 15.5. The molecule has 0 aromatic heterocycles. The van der Waals surface area contributed by atoms with E-state index in [1.807, 2.05) is 36.4 Å². The fourth-order valence-corrected chi connectivity index (χ4v) is 2.16. The molecule has 25 heavy (non-hydrogen) atoms. The maximum absolute atomic E-state index is 11.6. The van der Waals surface area contributed by atoms with Crippen LogP contribution in [0.3, 0.4) is 0 Å². The molecule has 2 rings (SSSR count). The van der Waals surface area contributed by atoms with Gasteiger partial charge in [0.25, 0.3) is 0 Å². The molecule has 0 spiro atoms. The number of hydrogen-bond acceptors (Lipinski definition) is 6. The van der Waals surface area contributed by atoms with Gasteiger partial charge in [-0.25, -0.2) is 4.79 Å². The highest BCUT2D eigenvalue weighted by atomic mass is 16.5. The van der Waals surface area contributed by atoms with E-state index in [4.69, 9.17) is 15.7 Å². The smallest absolute Gasteiger partial charge is 0.407 e. The summed E-state index contributed by atoms with van der Waals surface area (Å²) in [5, 5.41) is 31.3. The van der Waals surface area contributed by atoms with E-state index in [1.54, 1.807) is 0 Å². The number of carbonyl (C=O) groups is 1. The number of benzene rings is 2. The van der Waals surface area contributed by atoms with E-state index >= 15 is 0 Å². The first-order valence-corrected chi connectivity index (χ1v) is 7.61. The Morgan fingerprint density at radius 3 is 2.60 bits per heavy atom. The standard InChI is InChI=1S/C18H19N3O4/c19-9-14-7-6-13(8-15(14)20)17(23)16(22)10-21-18(24)25-11-12-4-2-1-3-5-12/h1-8,16-17,22-23H,10-11,20H2,(H,21,24). The fourth-order valence-electron chi connectivity index (χ4n) is 2.16. The van der Waals surface area contributed by atoms with E-state index in [0.29, 0.717) is 5.56 Å². The van der Waals surface area contributed by atoms with Crippen molar-refractivity contribution in [3.05, 3.63) is 65.2 Å². The lowest BCUT2D eigenvalue weighted by Crippen LogP contribution is -2.35. The zero-order valence-corrected chi connectivity index (χ0v) is 13.4. The van der Waals surface area contributed by atoms with Crippen LogP contribution in [-0.2, 0) is 11.3 Å². The molecule has 0 aliphatic heterocycles. The van der Waals surface area contributed by atoms with E-state index < -0.39 is 18.3 Å². The van der Waals surface area contributed by atoms with Crippen LogP contribution in [0.25, 0.3) is 0 Å². The lowest BCUT2D eigenvalue weighted by Gasteiger charge is -2.19. The number of nitrogens with one attached hydrogen (secondary N) is 1. The molecule has 7 heteroatoms. The summed E-state index contributed by atoms with van der Waals surface area (Å²) in [5.74, 6) is 0. The number of aliphatic hydroxyl groups excluding tert-OH is 2. The molecule has 0 heterocycles. The number of rotatable bonds is 6. The maximum Gasteiger partial charge on any atom is 0.407 e. The van der Waals surface area contributed by atoms with Crippen LogP contribution in [0.1, 0.15) is 22.8 Å². The number of carbonyl (C=O) groups excluding carboxylic acids is 1. The summed E-state index contributed by atoms with van der Waals surface area (Å²) in [5.41, 5.74) is 7.37. The summed E-state index contributed by atoms with van der Waals surface area (Å²) in [4.78, 5) is 11.6. The monoisotopic (exact) mass is 341 g/mol. The minimum Gasteiger partial charge on any atom is -0.445 e. The number of nitrogens with zero attached hydrogens (tertiary/aromatic N) is 1. The molecule has 0 aliphatic rings. The summed E-state index contributed by atoms with van der Waals surface area (Å²) in [6.07, 6.45) is -3.21. The molecule has 5 N–H and O–H groups in total. The number of ether oxygens (including phenoxy) is 1. The molecule has 2 aromatic carbocycles. The van der Waals surface area contributed by atoms with E-state index in [-0.39, 0.29) is 24.4 Å². The predicted molar refractivity (Wildman–Crippen MR) is 91.2 cm³/mol. The van der Waals surface area contributed by atoms with Gasteiger partial charge in [-0.15, -0.1) is 0 Å². The molecule has 0 saturated carbocycles. The van der Waals surface area contributed by atoms with Crippen molar-refractivity contribution in [3.8, 4) is 6.07 Å². The third-order valence-electron chi connectivity index (χ3n) is 3.57. The molecule has 0 bridgehead atoms. The van der Waals surface area contributed by atoms with Crippen molar-refractivity contribution in [1.82, 2.24) is 5.32 Å². The molecule has 0 aliphatic carbocycles. The van der Waals surface area contributed by atoms with Gasteiger partial charge >= 0.3 is 6.09 Å². The van der Waals surface area contributed by atoms with Crippen LogP contribution in [0.4, 0.5) is 10.5 Å². The van der Waals surface area contributed by atoms with Crippen molar-refractivity contribution in [2.45, 2.75) is 18.8 Å². The first kappa shape index (κ1) is 18.3. The van der Waals surface area contributed by atoms with Crippen molar-refractivity contribution in [2.24, 2.45) is 0 Å². The van der Waals surface area contributed by atoms with Gasteiger partial charge in [0.05, 0.1) is 5.56 Å². The number of alkyl carbamates (subject to hydrolysis) is 1. The van der Waals surface area contributed by atoms with Crippen LogP contribution >= 0.6 is 0 Å². The van der Waals surface area contributed by atoms with Crippen LogP contribution in [0.2, 0.25) is 0 Å². The van der Waals surface area contributed by atoms with Gasteiger partial charge in [0.15, 0.2) is 0 Å². The Hall–Kier alpha value is -3.08. The molecule has 2 unspecified atom stereocenters. The molecular formula is C18H19N3O4. The SMILES string of the molecule is N#Cc1ccc(C(O)C(O)CNC(=O)OCc2ccccc2)cc1N. The van der Waals surface area contributed by atoms with Gasteiger partial charge in [-0.1, -0.05) is 36.4 Å². The molecule has 130 valence electrons. The third-order valence-corrected chi connectivity index (χ3v) is 3.57. The Bertz CT molecular complexity index is 759. The average molecular weight is 341 g/mol. The number of nitrogens with two attached hydrogens (primary N) is 1. The normalized spacial score (nSPS) is 12.7. The number of hydrogen-bond donors (Lipinski definition) is 4. The second-order valence-corrected chi connectivity index (χ2v) is 5.41. The van der Waals surface area contributed by atoms with Crippen LogP contribution in [-0.4, -0.2) is 29.0 Å². The van der Waals surface area contributed by atoms with Crippen molar-refractivity contribution < 1.29 is 19.7 Å². The number of anilines is 1. The van der Waals surface area contributed by atoms with Gasteiger partial charge in [-0.05, 0) is 23.3 Å². The van der Waals surface area contributed by atoms with Crippen molar-refractivity contribution in [3.63, 3.8) is 0 Å². The number of amides is 1. The maximum atomic E-state index is 11.6. The van der Waals surface area contributed by atoms with Gasteiger partial charge in [0, 0.05) is 12.2 Å². The number of nitriles is 1. The summed E-state index contributed by atoms with van der Waals surface area (Å²) >= 11 is 0. The number of aliphatic hydroxyl groups is 2. The predicted octanol–water partition coefficient (Wildman–Crippen LogP) is 1.46. The molecule has 2 atom stereocenters. The summed E-state index contributed by atoms with van der Waals surface area (Å²) in [7, 11) is 0. The summed E-state index contributed by atoms with van der Waals surface area (Å²) < 4.78 is 5.01. The highest BCUT2D eigenvalue weighted by Crippen LogP contribution is 2.21. The Labute approximate surface area is 145 Å². The average Bonchev–Trinajstić information content (AvgIpc) is 2.64. The van der Waals surface area contributed by atoms with E-state index in [9.17, 15) is 15.0 Å². The van der Waals surface area contributed by atoms with Gasteiger partial charge in [0.2, 0.25) is 0 Å². The van der Waals surface area contributed by atoms with Crippen LogP contribution in [0.5, 0.6) is 0 Å². The highest BCUT2D eigenvalue weighted by molar-refractivity contribution is 5.67. The zero-order chi connectivity index (χ0) is 18.2. The Morgan fingerprint density at radius 1 is 1.24 bits per heavy atom. The first-order valence-electron chi connectivity index (χ1n) is 7.61. The third kappa shape index (κ3) is 5.21. The topological polar surface area (TPSA) is 129 Å². The molecule has 2 aromatic rings. The Morgan fingerprint density at radius 2 is 1.96 bits per heavy atom. The van der Waals surface area contributed by atoms with E-state index in [2.05, 4.69) is 5.32 Å². The first-order chi connectivity index (χ1) is 12.0. The molecule has 0 saturated heterocycles. The van der Waals surface area contributed by atoms with Gasteiger partial charge in [0.1, 0.15) is 24.9 Å². The highest BCUT2D eigenvalue weighted by Gasteiger charge is 2.20. The van der Waals surface area contributed by atoms with Gasteiger partial charge < -0.3 is 26.0 Å². The minimum absolute atomic E-state index is 0.109. The van der Waals surface area contributed by atoms with E-state index in [1.165, 1.54) is 18.2 Å². The van der Waals surface area contributed by atoms with E-state index in [0.717, 1.165) is 5.56 Å². The van der Waals surface area contributed by atoms with Crippen molar-refractivity contribution in [2.75, 3.05) is 12.3 Å². The van der Waals surface area contributed by atoms with Gasteiger partial charge in [-0.3, -0.25) is 0 Å². The molecule has 0 fully saturated rings. The Kier molecular flexibility index (Phi) is 6.34. The zero-order valence-electron chi connectivity index (χ0n) is 13.4. The largest absolute Gasteiger partial charge is 0.445 e. The lowest BCUT2D eigenvalue weighted by molar-refractivity contribution is 0.0184. The van der Waals surface area contributed by atoms with Gasteiger partial charge in [-0.2, -0.15) is 5.26 Å². The number of nitrogen functional groups attached to an aromatic ring is 1. The molecule has 1 amide bonds. The fraction of sp³-hybridized carbons (Fsp3) is 0.222. The molecule has 7 nitrogen and oxygen atoms in total. The van der Waals surface area contributed by atoms with Crippen molar-refractivity contribution >= 4 is 11.8 Å². The minimum atomic E-state index is -1.26. The van der Waals surface area contributed by atoms with Crippen LogP contribution in [0, 0.1) is 11.3 Å². The molecule has 0 radical (unpaired) electrons. The van der Waals surface area contributed by atoms with Crippen molar-refractivity contribution in [1.29, 1.82) is 5.26 Å². The quantitative estimate of drug-likeness (QED) is 0.589.